The van der Waals surface area contributed by atoms with Crippen LogP contribution in [0.4, 0.5) is 5.95 Å². The van der Waals surface area contributed by atoms with Crippen molar-refractivity contribution in [1.29, 1.82) is 0 Å². The summed E-state index contributed by atoms with van der Waals surface area (Å²) in [6, 6.07) is 1.73. The lowest BCUT2D eigenvalue weighted by Gasteiger charge is -2.07. The van der Waals surface area contributed by atoms with E-state index in [1.165, 1.54) is 0 Å². The normalized spacial score (nSPS) is 16.9. The predicted molar refractivity (Wildman–Crippen MR) is 52.6 cm³/mol. The van der Waals surface area contributed by atoms with E-state index in [9.17, 15) is 4.79 Å². The molecule has 1 aromatic heterocycles. The quantitative estimate of drug-likeness (QED) is 0.772. The van der Waals surface area contributed by atoms with Gasteiger partial charge in [-0.15, -0.1) is 0 Å². The van der Waals surface area contributed by atoms with Crippen molar-refractivity contribution >= 4 is 11.9 Å². The van der Waals surface area contributed by atoms with Crippen LogP contribution in [0.15, 0.2) is 18.5 Å². The number of carbonyl (C=O) groups excluding carboxylic acids is 1. The molecule has 0 atom stereocenters. The number of anilines is 1. The first kappa shape index (κ1) is 9.12. The van der Waals surface area contributed by atoms with E-state index in [2.05, 4.69) is 15.3 Å². The second kappa shape index (κ2) is 4.17. The van der Waals surface area contributed by atoms with Crippen LogP contribution >= 0.6 is 0 Å². The highest BCUT2D eigenvalue weighted by atomic mass is 16.2. The van der Waals surface area contributed by atoms with Crippen molar-refractivity contribution in [3.05, 3.63) is 18.5 Å². The summed E-state index contributed by atoms with van der Waals surface area (Å²) >= 11 is 0. The molecule has 1 fully saturated rings. The van der Waals surface area contributed by atoms with Crippen LogP contribution in [0.25, 0.3) is 0 Å². The third-order valence-electron chi connectivity index (χ3n) is 2.53. The molecule has 1 aromatic rings. The van der Waals surface area contributed by atoms with E-state index in [0.29, 0.717) is 5.95 Å². The zero-order valence-corrected chi connectivity index (χ0v) is 7.94. The standard InChI is InChI=1S/C10H13N3O/c14-9(8-4-1-2-5-8)13-10-11-6-3-7-12-10/h3,6-8H,1-2,4-5H2,(H,11,12,13,14). The summed E-state index contributed by atoms with van der Waals surface area (Å²) in [5.41, 5.74) is 0. The fourth-order valence-corrected chi connectivity index (χ4v) is 1.76. The van der Waals surface area contributed by atoms with Crippen molar-refractivity contribution in [1.82, 2.24) is 9.97 Å². The number of nitrogens with one attached hydrogen (secondary N) is 1. The van der Waals surface area contributed by atoms with Crippen molar-refractivity contribution in [2.75, 3.05) is 5.32 Å². The molecule has 0 saturated heterocycles. The van der Waals surface area contributed by atoms with Gasteiger partial charge < -0.3 is 0 Å². The molecule has 0 aromatic carbocycles. The number of hydrogen-bond acceptors (Lipinski definition) is 3. The molecule has 1 heterocycles. The maximum atomic E-state index is 11.6. The van der Waals surface area contributed by atoms with Crippen LogP contribution in [0.1, 0.15) is 25.7 Å². The van der Waals surface area contributed by atoms with Gasteiger partial charge in [0.1, 0.15) is 0 Å². The van der Waals surface area contributed by atoms with Gasteiger partial charge in [-0.25, -0.2) is 9.97 Å². The van der Waals surface area contributed by atoms with Crippen LogP contribution in [0.3, 0.4) is 0 Å². The Morgan fingerprint density at radius 2 is 1.93 bits per heavy atom. The SMILES string of the molecule is O=C(Nc1ncccn1)C1CCCC1. The first-order valence-corrected chi connectivity index (χ1v) is 4.94. The average molecular weight is 191 g/mol. The molecular weight excluding hydrogens is 178 g/mol. The summed E-state index contributed by atoms with van der Waals surface area (Å²) in [5.74, 6) is 0.636. The Bertz CT molecular complexity index is 306. The van der Waals surface area contributed by atoms with Crippen LogP contribution in [0.2, 0.25) is 0 Å². The average Bonchev–Trinajstić information content (AvgIpc) is 2.72. The maximum absolute atomic E-state index is 11.6. The maximum Gasteiger partial charge on any atom is 0.229 e. The molecule has 1 aliphatic rings. The van der Waals surface area contributed by atoms with Crippen LogP contribution in [0, 0.1) is 5.92 Å². The summed E-state index contributed by atoms with van der Waals surface area (Å²) in [5, 5.41) is 2.72. The first-order chi connectivity index (χ1) is 6.86. The van der Waals surface area contributed by atoms with Gasteiger partial charge in [-0.2, -0.15) is 0 Å². The Morgan fingerprint density at radius 1 is 1.29 bits per heavy atom. The molecule has 74 valence electrons. The molecule has 1 saturated carbocycles. The number of carbonyl (C=O) groups is 1. The minimum absolute atomic E-state index is 0.0636. The molecular formula is C10H13N3O. The van der Waals surface area contributed by atoms with Gasteiger partial charge in [-0.3, -0.25) is 10.1 Å². The van der Waals surface area contributed by atoms with Crippen molar-refractivity contribution in [2.24, 2.45) is 5.92 Å². The van der Waals surface area contributed by atoms with Crippen LogP contribution in [-0.4, -0.2) is 15.9 Å². The molecule has 0 radical (unpaired) electrons. The number of hydrogen-bond donors (Lipinski definition) is 1. The Kier molecular flexibility index (Phi) is 2.72. The lowest BCUT2D eigenvalue weighted by atomic mass is 10.1. The fourth-order valence-electron chi connectivity index (χ4n) is 1.76. The van der Waals surface area contributed by atoms with Crippen LogP contribution in [0.5, 0.6) is 0 Å². The van der Waals surface area contributed by atoms with Gasteiger partial charge in [0.15, 0.2) is 0 Å². The minimum Gasteiger partial charge on any atom is -0.294 e. The third-order valence-corrected chi connectivity index (χ3v) is 2.53. The Morgan fingerprint density at radius 3 is 2.57 bits per heavy atom. The fraction of sp³-hybridized carbons (Fsp3) is 0.500. The van der Waals surface area contributed by atoms with E-state index < -0.39 is 0 Å². The van der Waals surface area contributed by atoms with Gasteiger partial charge in [-0.1, -0.05) is 12.8 Å². The van der Waals surface area contributed by atoms with E-state index in [1.54, 1.807) is 18.5 Å². The first-order valence-electron chi connectivity index (χ1n) is 4.94. The van der Waals surface area contributed by atoms with Gasteiger partial charge in [0.05, 0.1) is 0 Å². The molecule has 4 heteroatoms. The molecule has 4 nitrogen and oxygen atoms in total. The Balaban J connectivity index is 1.94. The second-order valence-corrected chi connectivity index (χ2v) is 3.54. The van der Waals surface area contributed by atoms with E-state index in [1.807, 2.05) is 0 Å². The van der Waals surface area contributed by atoms with E-state index in [4.69, 9.17) is 0 Å². The predicted octanol–water partition coefficient (Wildman–Crippen LogP) is 1.61. The summed E-state index contributed by atoms with van der Waals surface area (Å²) in [6.07, 6.45) is 7.56. The molecule has 1 N–H and O–H groups in total. The van der Waals surface area contributed by atoms with E-state index >= 15 is 0 Å². The molecule has 0 aliphatic heterocycles. The number of nitrogens with zero attached hydrogens (tertiary/aromatic N) is 2. The number of rotatable bonds is 2. The van der Waals surface area contributed by atoms with Crippen LogP contribution in [-0.2, 0) is 4.79 Å². The number of aromatic nitrogens is 2. The lowest BCUT2D eigenvalue weighted by Crippen LogP contribution is -2.21. The van der Waals surface area contributed by atoms with Gasteiger partial charge >= 0.3 is 0 Å². The Hall–Kier alpha value is -1.45. The van der Waals surface area contributed by atoms with Gasteiger partial charge in [0, 0.05) is 18.3 Å². The zero-order valence-electron chi connectivity index (χ0n) is 7.94. The Labute approximate surface area is 82.8 Å². The van der Waals surface area contributed by atoms with Gasteiger partial charge in [0.2, 0.25) is 11.9 Å². The summed E-state index contributed by atoms with van der Waals surface area (Å²) in [6.45, 7) is 0. The second-order valence-electron chi connectivity index (χ2n) is 3.54. The smallest absolute Gasteiger partial charge is 0.229 e. The summed E-state index contributed by atoms with van der Waals surface area (Å²) in [7, 11) is 0. The molecule has 0 unspecified atom stereocenters. The minimum atomic E-state index is 0.0636. The number of amides is 1. The van der Waals surface area contributed by atoms with E-state index in [0.717, 1.165) is 25.7 Å². The van der Waals surface area contributed by atoms with E-state index in [-0.39, 0.29) is 11.8 Å². The van der Waals surface area contributed by atoms with Crippen molar-refractivity contribution in [3.63, 3.8) is 0 Å². The lowest BCUT2D eigenvalue weighted by molar-refractivity contribution is -0.119. The summed E-state index contributed by atoms with van der Waals surface area (Å²) in [4.78, 5) is 19.5. The highest BCUT2D eigenvalue weighted by Crippen LogP contribution is 2.25. The highest BCUT2D eigenvalue weighted by Gasteiger charge is 2.22. The zero-order chi connectivity index (χ0) is 9.80. The summed E-state index contributed by atoms with van der Waals surface area (Å²) < 4.78 is 0. The molecule has 2 rings (SSSR count). The molecule has 1 aliphatic carbocycles. The molecule has 0 spiro atoms. The third kappa shape index (κ3) is 2.07. The van der Waals surface area contributed by atoms with Crippen LogP contribution < -0.4 is 5.32 Å². The highest BCUT2D eigenvalue weighted by molar-refractivity contribution is 5.90. The molecule has 0 bridgehead atoms. The monoisotopic (exact) mass is 191 g/mol. The molecule has 1 amide bonds. The van der Waals surface area contributed by atoms with Crippen molar-refractivity contribution in [2.45, 2.75) is 25.7 Å². The van der Waals surface area contributed by atoms with Gasteiger partial charge in [-0.05, 0) is 18.9 Å². The van der Waals surface area contributed by atoms with Crippen molar-refractivity contribution in [3.8, 4) is 0 Å². The molecule has 14 heavy (non-hydrogen) atoms. The van der Waals surface area contributed by atoms with Crippen molar-refractivity contribution < 1.29 is 4.79 Å². The topological polar surface area (TPSA) is 54.9 Å². The largest absolute Gasteiger partial charge is 0.294 e. The van der Waals surface area contributed by atoms with Gasteiger partial charge in [0.25, 0.3) is 0 Å².